The molecule has 1 aromatic carbocycles. The van der Waals surface area contributed by atoms with E-state index >= 15 is 0 Å². The van der Waals surface area contributed by atoms with Crippen LogP contribution in [-0.4, -0.2) is 15.9 Å². The minimum absolute atomic E-state index is 0.161. The third-order valence-electron chi connectivity index (χ3n) is 2.45. The summed E-state index contributed by atoms with van der Waals surface area (Å²) >= 11 is 0. The second-order valence-electron chi connectivity index (χ2n) is 3.60. The summed E-state index contributed by atoms with van der Waals surface area (Å²) in [5.74, 6) is 0.343. The maximum atomic E-state index is 11.8. The van der Waals surface area contributed by atoms with Crippen LogP contribution in [0.1, 0.15) is 22.8 Å². The molecular weight excluding hydrogens is 214 g/mol. The van der Waals surface area contributed by atoms with Crippen LogP contribution in [0.15, 0.2) is 42.9 Å². The van der Waals surface area contributed by atoms with Crippen LogP contribution in [-0.2, 0) is 6.42 Å². The van der Waals surface area contributed by atoms with Crippen molar-refractivity contribution >= 4 is 11.7 Å². The number of rotatable bonds is 3. The molecule has 0 saturated carbocycles. The highest BCUT2D eigenvalue weighted by Crippen LogP contribution is 2.07. The fourth-order valence-electron chi connectivity index (χ4n) is 1.44. The van der Waals surface area contributed by atoms with Crippen molar-refractivity contribution in [1.82, 2.24) is 9.97 Å². The molecule has 0 aliphatic rings. The number of aryl methyl sites for hydroxylation is 1. The summed E-state index contributed by atoms with van der Waals surface area (Å²) in [5.41, 5.74) is 1.84. The molecule has 17 heavy (non-hydrogen) atoms. The zero-order valence-electron chi connectivity index (χ0n) is 9.55. The van der Waals surface area contributed by atoms with Crippen molar-refractivity contribution in [1.29, 1.82) is 0 Å². The van der Waals surface area contributed by atoms with Crippen molar-refractivity contribution in [3.63, 3.8) is 0 Å². The van der Waals surface area contributed by atoms with Gasteiger partial charge in [0.25, 0.3) is 5.91 Å². The highest BCUT2D eigenvalue weighted by Gasteiger charge is 2.05. The van der Waals surface area contributed by atoms with Gasteiger partial charge in [-0.1, -0.05) is 19.1 Å². The van der Waals surface area contributed by atoms with Crippen LogP contribution in [0.4, 0.5) is 5.82 Å². The van der Waals surface area contributed by atoms with Crippen molar-refractivity contribution in [2.24, 2.45) is 0 Å². The summed E-state index contributed by atoms with van der Waals surface area (Å²) in [6.45, 7) is 2.08. The molecule has 1 amide bonds. The van der Waals surface area contributed by atoms with Crippen molar-refractivity contribution in [3.05, 3.63) is 54.0 Å². The van der Waals surface area contributed by atoms with Gasteiger partial charge in [-0.15, -0.1) is 0 Å². The fourth-order valence-corrected chi connectivity index (χ4v) is 1.44. The molecule has 0 aliphatic heterocycles. The summed E-state index contributed by atoms with van der Waals surface area (Å²) in [5, 5.41) is 2.71. The van der Waals surface area contributed by atoms with Gasteiger partial charge in [0.2, 0.25) is 0 Å². The lowest BCUT2D eigenvalue weighted by molar-refractivity contribution is 0.102. The molecule has 1 N–H and O–H groups in total. The van der Waals surface area contributed by atoms with E-state index in [2.05, 4.69) is 22.2 Å². The van der Waals surface area contributed by atoms with Crippen molar-refractivity contribution in [3.8, 4) is 0 Å². The molecule has 0 bridgehead atoms. The van der Waals surface area contributed by atoms with Gasteiger partial charge in [0.15, 0.2) is 0 Å². The van der Waals surface area contributed by atoms with E-state index in [9.17, 15) is 4.79 Å². The van der Waals surface area contributed by atoms with Crippen LogP contribution < -0.4 is 5.32 Å². The van der Waals surface area contributed by atoms with E-state index < -0.39 is 0 Å². The molecule has 1 heterocycles. The monoisotopic (exact) mass is 227 g/mol. The maximum absolute atomic E-state index is 11.8. The number of carbonyl (C=O) groups is 1. The first-order valence-corrected chi connectivity index (χ1v) is 5.46. The van der Waals surface area contributed by atoms with Gasteiger partial charge < -0.3 is 5.32 Å². The van der Waals surface area contributed by atoms with Gasteiger partial charge in [-0.2, -0.15) is 0 Å². The number of amides is 1. The van der Waals surface area contributed by atoms with Crippen LogP contribution in [0.25, 0.3) is 0 Å². The minimum atomic E-state index is -0.161. The molecule has 0 radical (unpaired) electrons. The van der Waals surface area contributed by atoms with E-state index in [-0.39, 0.29) is 5.91 Å². The molecule has 4 heteroatoms. The quantitative estimate of drug-likeness (QED) is 0.875. The number of hydrogen-bond donors (Lipinski definition) is 1. The Labute approximate surface area is 99.7 Å². The molecule has 0 spiro atoms. The second kappa shape index (κ2) is 5.21. The van der Waals surface area contributed by atoms with E-state index in [1.54, 1.807) is 12.3 Å². The third kappa shape index (κ3) is 2.87. The summed E-state index contributed by atoms with van der Waals surface area (Å²) in [7, 11) is 0. The Kier molecular flexibility index (Phi) is 3.45. The molecule has 4 nitrogen and oxygen atoms in total. The Balaban J connectivity index is 2.09. The number of nitrogens with one attached hydrogen (secondary N) is 1. The van der Waals surface area contributed by atoms with Crippen LogP contribution in [0.3, 0.4) is 0 Å². The molecule has 1 aromatic heterocycles. The summed E-state index contributed by atoms with van der Waals surface area (Å²) in [4.78, 5) is 19.6. The Morgan fingerprint density at radius 1 is 1.24 bits per heavy atom. The van der Waals surface area contributed by atoms with Gasteiger partial charge in [-0.05, 0) is 30.2 Å². The Hall–Kier alpha value is -2.23. The SMILES string of the molecule is CCc1ccc(C(=O)Nc2ccncn2)cc1. The number of hydrogen-bond acceptors (Lipinski definition) is 3. The number of anilines is 1. The van der Waals surface area contributed by atoms with Gasteiger partial charge in [0.1, 0.15) is 12.1 Å². The maximum Gasteiger partial charge on any atom is 0.256 e. The average molecular weight is 227 g/mol. The van der Waals surface area contributed by atoms with Crippen molar-refractivity contribution < 1.29 is 4.79 Å². The number of aromatic nitrogens is 2. The fraction of sp³-hybridized carbons (Fsp3) is 0.154. The largest absolute Gasteiger partial charge is 0.306 e. The lowest BCUT2D eigenvalue weighted by Gasteiger charge is -2.04. The summed E-state index contributed by atoms with van der Waals surface area (Å²) < 4.78 is 0. The van der Waals surface area contributed by atoms with Gasteiger partial charge >= 0.3 is 0 Å². The highest BCUT2D eigenvalue weighted by molar-refractivity contribution is 6.03. The molecule has 0 fully saturated rings. The predicted octanol–water partition coefficient (Wildman–Crippen LogP) is 2.29. The van der Waals surface area contributed by atoms with Gasteiger partial charge in [0, 0.05) is 11.8 Å². The summed E-state index contributed by atoms with van der Waals surface area (Å²) in [6.07, 6.45) is 3.95. The molecule has 86 valence electrons. The first-order valence-electron chi connectivity index (χ1n) is 5.46. The lowest BCUT2D eigenvalue weighted by Crippen LogP contribution is -2.12. The second-order valence-corrected chi connectivity index (χ2v) is 3.60. The zero-order valence-corrected chi connectivity index (χ0v) is 9.55. The average Bonchev–Trinajstić information content (AvgIpc) is 2.40. The van der Waals surface area contributed by atoms with Gasteiger partial charge in [0.05, 0.1) is 0 Å². The van der Waals surface area contributed by atoms with Crippen LogP contribution in [0.2, 0.25) is 0 Å². The molecule has 2 aromatic rings. The zero-order chi connectivity index (χ0) is 12.1. The van der Waals surface area contributed by atoms with Crippen LogP contribution in [0.5, 0.6) is 0 Å². The first kappa shape index (κ1) is 11.3. The number of nitrogens with zero attached hydrogens (tertiary/aromatic N) is 2. The Morgan fingerprint density at radius 2 is 2.00 bits per heavy atom. The van der Waals surface area contributed by atoms with Gasteiger partial charge in [-0.3, -0.25) is 4.79 Å². The van der Waals surface area contributed by atoms with Crippen molar-refractivity contribution in [2.75, 3.05) is 5.32 Å². The molecule has 0 atom stereocenters. The highest BCUT2D eigenvalue weighted by atomic mass is 16.1. The molecule has 2 rings (SSSR count). The minimum Gasteiger partial charge on any atom is -0.306 e. The predicted molar refractivity (Wildman–Crippen MR) is 65.8 cm³/mol. The molecule has 0 saturated heterocycles. The normalized spacial score (nSPS) is 9.94. The van der Waals surface area contributed by atoms with E-state index in [0.717, 1.165) is 6.42 Å². The van der Waals surface area contributed by atoms with E-state index in [1.807, 2.05) is 24.3 Å². The van der Waals surface area contributed by atoms with Crippen LogP contribution >= 0.6 is 0 Å². The topological polar surface area (TPSA) is 54.9 Å². The third-order valence-corrected chi connectivity index (χ3v) is 2.45. The Morgan fingerprint density at radius 3 is 2.59 bits per heavy atom. The molecule has 0 unspecified atom stereocenters. The number of carbonyl (C=O) groups excluding carboxylic acids is 1. The number of benzene rings is 1. The standard InChI is InChI=1S/C13H13N3O/c1-2-10-3-5-11(6-4-10)13(17)16-12-7-8-14-9-15-12/h3-9H,2H2,1H3,(H,14,15,16,17). The first-order chi connectivity index (χ1) is 8.29. The molecular formula is C13H13N3O. The lowest BCUT2D eigenvalue weighted by atomic mass is 10.1. The van der Waals surface area contributed by atoms with Gasteiger partial charge in [-0.25, -0.2) is 9.97 Å². The van der Waals surface area contributed by atoms with Crippen molar-refractivity contribution in [2.45, 2.75) is 13.3 Å². The van der Waals surface area contributed by atoms with E-state index in [4.69, 9.17) is 0 Å². The Bertz CT molecular complexity index is 494. The van der Waals surface area contributed by atoms with E-state index in [0.29, 0.717) is 11.4 Å². The van der Waals surface area contributed by atoms with E-state index in [1.165, 1.54) is 11.9 Å². The van der Waals surface area contributed by atoms with Crippen LogP contribution in [0, 0.1) is 0 Å². The smallest absolute Gasteiger partial charge is 0.256 e. The molecule has 0 aliphatic carbocycles. The summed E-state index contributed by atoms with van der Waals surface area (Å²) in [6, 6.07) is 9.19.